The molecule has 0 aromatic carbocycles. The zero-order chi connectivity index (χ0) is 17.8. The molecular formula is C13H21N3O6S. The molecule has 0 heterocycles. The molecule has 0 aliphatic carbocycles. The Morgan fingerprint density at radius 1 is 1.30 bits per heavy atom. The van der Waals surface area contributed by atoms with Crippen LogP contribution >= 0.6 is 11.8 Å². The molecule has 5 N–H and O–H groups in total. The fourth-order valence-electron chi connectivity index (χ4n) is 1.35. The Hall–Kier alpha value is -2.07. The van der Waals surface area contributed by atoms with Crippen LogP contribution in [0.1, 0.15) is 6.42 Å². The molecule has 0 aliphatic heterocycles. The number of carbonyl (C=O) groups is 4. The van der Waals surface area contributed by atoms with E-state index in [0.717, 1.165) is 12.2 Å². The van der Waals surface area contributed by atoms with Crippen LogP contribution < -0.4 is 16.4 Å². The number of esters is 1. The smallest absolute Gasteiger partial charge is 0.330 e. The van der Waals surface area contributed by atoms with Crippen molar-refractivity contribution in [1.29, 1.82) is 0 Å². The molecule has 0 aromatic heterocycles. The molecule has 0 spiro atoms. The Bertz CT molecular complexity index is 469. The van der Waals surface area contributed by atoms with Gasteiger partial charge >= 0.3 is 11.9 Å². The number of ether oxygens (including phenoxy) is 1. The molecule has 0 unspecified atom stereocenters. The number of hydrogen-bond donors (Lipinski definition) is 4. The van der Waals surface area contributed by atoms with Crippen LogP contribution in [0.5, 0.6) is 0 Å². The maximum atomic E-state index is 11.8. The van der Waals surface area contributed by atoms with Crippen LogP contribution in [0, 0.1) is 0 Å². The predicted molar refractivity (Wildman–Crippen MR) is 84.7 cm³/mol. The van der Waals surface area contributed by atoms with E-state index < -0.39 is 35.8 Å². The second-order valence-electron chi connectivity index (χ2n) is 4.39. The minimum Gasteiger partial charge on any atom is -0.480 e. The molecule has 0 radical (unpaired) electrons. The third kappa shape index (κ3) is 9.53. The lowest BCUT2D eigenvalue weighted by molar-refractivity contribution is -0.142. The van der Waals surface area contributed by atoms with Gasteiger partial charge < -0.3 is 26.2 Å². The van der Waals surface area contributed by atoms with Gasteiger partial charge in [-0.3, -0.25) is 9.59 Å². The molecule has 130 valence electrons. The maximum Gasteiger partial charge on any atom is 0.330 e. The van der Waals surface area contributed by atoms with E-state index in [2.05, 4.69) is 15.4 Å². The number of carbonyl (C=O) groups excluding carboxylic acids is 3. The van der Waals surface area contributed by atoms with Crippen LogP contribution in [-0.4, -0.2) is 66.6 Å². The highest BCUT2D eigenvalue weighted by atomic mass is 32.2. The Morgan fingerprint density at radius 3 is 2.48 bits per heavy atom. The topological polar surface area (TPSA) is 148 Å². The average Bonchev–Trinajstić information content (AvgIpc) is 2.53. The quantitative estimate of drug-likeness (QED) is 0.275. The lowest BCUT2D eigenvalue weighted by Gasteiger charge is -2.17. The first-order chi connectivity index (χ1) is 10.8. The van der Waals surface area contributed by atoms with Crippen LogP contribution in [-0.2, 0) is 23.9 Å². The highest BCUT2D eigenvalue weighted by Crippen LogP contribution is 2.01. The number of hydrogen-bond acceptors (Lipinski definition) is 7. The number of nitrogens with two attached hydrogens (primary N) is 1. The van der Waals surface area contributed by atoms with E-state index in [1.807, 2.05) is 6.26 Å². The summed E-state index contributed by atoms with van der Waals surface area (Å²) in [5.41, 5.74) is 5.58. The molecule has 23 heavy (non-hydrogen) atoms. The summed E-state index contributed by atoms with van der Waals surface area (Å²) in [5, 5.41) is 13.6. The zero-order valence-electron chi connectivity index (χ0n) is 12.9. The monoisotopic (exact) mass is 347 g/mol. The molecule has 9 nitrogen and oxygen atoms in total. The molecule has 0 saturated heterocycles. The van der Waals surface area contributed by atoms with Gasteiger partial charge in [-0.05, 0) is 18.4 Å². The van der Waals surface area contributed by atoms with Crippen molar-refractivity contribution in [2.45, 2.75) is 18.5 Å². The summed E-state index contributed by atoms with van der Waals surface area (Å²) in [6.45, 7) is -0.203. The van der Waals surface area contributed by atoms with Crippen molar-refractivity contribution in [3.63, 3.8) is 0 Å². The van der Waals surface area contributed by atoms with Crippen LogP contribution in [0.25, 0.3) is 0 Å². The predicted octanol–water partition coefficient (Wildman–Crippen LogP) is -1.52. The Balaban J connectivity index is 4.33. The number of thioether (sulfide) groups is 1. The highest BCUT2D eigenvalue weighted by Gasteiger charge is 2.22. The molecule has 0 rings (SSSR count). The molecular weight excluding hydrogens is 326 g/mol. The second kappa shape index (κ2) is 11.5. The van der Waals surface area contributed by atoms with E-state index in [-0.39, 0.29) is 13.0 Å². The van der Waals surface area contributed by atoms with Crippen molar-refractivity contribution in [3.05, 3.63) is 12.2 Å². The number of amides is 2. The number of rotatable bonds is 10. The maximum absolute atomic E-state index is 11.8. The third-order valence-electron chi connectivity index (χ3n) is 2.63. The van der Waals surface area contributed by atoms with Crippen molar-refractivity contribution in [3.8, 4) is 0 Å². The van der Waals surface area contributed by atoms with Gasteiger partial charge in [0.05, 0.1) is 7.11 Å². The third-order valence-corrected chi connectivity index (χ3v) is 3.27. The van der Waals surface area contributed by atoms with Gasteiger partial charge in [-0.2, -0.15) is 11.8 Å². The number of aliphatic carboxylic acids is 1. The lowest BCUT2D eigenvalue weighted by atomic mass is 10.2. The van der Waals surface area contributed by atoms with E-state index in [1.54, 1.807) is 0 Å². The van der Waals surface area contributed by atoms with Gasteiger partial charge in [-0.15, -0.1) is 0 Å². The fourth-order valence-corrected chi connectivity index (χ4v) is 1.82. The van der Waals surface area contributed by atoms with Crippen LogP contribution in [0.4, 0.5) is 0 Å². The molecule has 10 heteroatoms. The molecule has 0 fully saturated rings. The summed E-state index contributed by atoms with van der Waals surface area (Å²) in [7, 11) is 1.17. The normalized spacial score (nSPS) is 13.2. The summed E-state index contributed by atoms with van der Waals surface area (Å²) in [6, 6.07) is -2.14. The summed E-state index contributed by atoms with van der Waals surface area (Å²) < 4.78 is 4.31. The Morgan fingerprint density at radius 2 is 1.96 bits per heavy atom. The molecule has 0 aliphatic rings. The average molecular weight is 347 g/mol. The summed E-state index contributed by atoms with van der Waals surface area (Å²) >= 11 is 1.46. The van der Waals surface area contributed by atoms with Crippen molar-refractivity contribution in [1.82, 2.24) is 10.6 Å². The van der Waals surface area contributed by atoms with Crippen LogP contribution in [0.3, 0.4) is 0 Å². The molecule has 2 atom stereocenters. The Kier molecular flexibility index (Phi) is 10.5. The van der Waals surface area contributed by atoms with Crippen LogP contribution in [0.2, 0.25) is 0 Å². The number of carboxylic acids is 1. The van der Waals surface area contributed by atoms with E-state index >= 15 is 0 Å². The van der Waals surface area contributed by atoms with Gasteiger partial charge in [0, 0.05) is 18.7 Å². The molecule has 0 aromatic rings. The van der Waals surface area contributed by atoms with Gasteiger partial charge in [0.25, 0.3) is 0 Å². The standard InChI is InChI=1S/C13H21N3O6S/c1-22-11(18)4-3-10(17)15-7-8(14)12(19)16-9(13(20)21)5-6-23-2/h3-4,8-9H,5-7,14H2,1-2H3,(H,15,17)(H,16,19)(H,20,21)/b4-3-/t8-,9-/m0/s1. The minimum absolute atomic E-state index is 0.203. The summed E-state index contributed by atoms with van der Waals surface area (Å²) in [6.07, 6.45) is 3.95. The van der Waals surface area contributed by atoms with E-state index in [0.29, 0.717) is 5.75 Å². The van der Waals surface area contributed by atoms with Gasteiger partial charge in [0.2, 0.25) is 11.8 Å². The van der Waals surface area contributed by atoms with Crippen molar-refractivity contribution in [2.75, 3.05) is 25.7 Å². The molecule has 2 amide bonds. The first-order valence-electron chi connectivity index (χ1n) is 6.63. The van der Waals surface area contributed by atoms with Gasteiger partial charge in [0.15, 0.2) is 0 Å². The lowest BCUT2D eigenvalue weighted by Crippen LogP contribution is -2.52. The first kappa shape index (κ1) is 20.9. The fraction of sp³-hybridized carbons (Fsp3) is 0.538. The van der Waals surface area contributed by atoms with Gasteiger partial charge in [-0.25, -0.2) is 9.59 Å². The molecule has 0 saturated carbocycles. The number of nitrogens with one attached hydrogen (secondary N) is 2. The molecule has 0 bridgehead atoms. The number of carboxylic acid groups (broad SMARTS) is 1. The highest BCUT2D eigenvalue weighted by molar-refractivity contribution is 7.98. The second-order valence-corrected chi connectivity index (χ2v) is 5.37. The zero-order valence-corrected chi connectivity index (χ0v) is 13.7. The largest absolute Gasteiger partial charge is 0.480 e. The van der Waals surface area contributed by atoms with E-state index in [4.69, 9.17) is 10.8 Å². The van der Waals surface area contributed by atoms with E-state index in [1.165, 1.54) is 18.9 Å². The summed E-state index contributed by atoms with van der Waals surface area (Å²) in [4.78, 5) is 45.0. The van der Waals surface area contributed by atoms with Gasteiger partial charge in [-0.1, -0.05) is 0 Å². The first-order valence-corrected chi connectivity index (χ1v) is 8.02. The van der Waals surface area contributed by atoms with Crippen molar-refractivity contribution >= 4 is 35.5 Å². The summed E-state index contributed by atoms with van der Waals surface area (Å²) in [5.74, 6) is -2.59. The van der Waals surface area contributed by atoms with Crippen molar-refractivity contribution < 1.29 is 29.0 Å². The Labute approximate surface area is 138 Å². The van der Waals surface area contributed by atoms with Gasteiger partial charge in [0.1, 0.15) is 12.1 Å². The number of methoxy groups -OCH3 is 1. The van der Waals surface area contributed by atoms with E-state index in [9.17, 15) is 19.2 Å². The van der Waals surface area contributed by atoms with Crippen molar-refractivity contribution in [2.24, 2.45) is 5.73 Å². The van der Waals surface area contributed by atoms with Crippen LogP contribution in [0.15, 0.2) is 12.2 Å². The SMILES string of the molecule is COC(=O)/C=C\C(=O)NC[C@H](N)C(=O)N[C@@H](CCSC)C(=O)O. The minimum atomic E-state index is -1.15.